The molecule has 0 bridgehead atoms. The van der Waals surface area contributed by atoms with Crippen molar-refractivity contribution in [2.24, 2.45) is 11.8 Å². The molecule has 1 saturated carbocycles. The molecule has 1 N–H and O–H groups in total. The Labute approximate surface area is 104 Å². The summed E-state index contributed by atoms with van der Waals surface area (Å²) in [5.74, 6) is 0.552. The number of hydrogen-bond acceptors (Lipinski definition) is 2. The third-order valence-corrected chi connectivity index (χ3v) is 4.55. The van der Waals surface area contributed by atoms with Crippen LogP contribution in [0.3, 0.4) is 0 Å². The first-order chi connectivity index (χ1) is 8.16. The lowest BCUT2D eigenvalue weighted by Crippen LogP contribution is -2.47. The average Bonchev–Trinajstić information content (AvgIpc) is 2.29. The Morgan fingerprint density at radius 2 is 2.00 bits per heavy atom. The second-order valence-electron chi connectivity index (χ2n) is 5.93. The molecule has 0 radical (unpaired) electrons. The minimum Gasteiger partial charge on any atom is -0.481 e. The maximum absolute atomic E-state index is 10.8. The fourth-order valence-electron chi connectivity index (χ4n) is 3.65. The number of piperidine rings is 1. The first-order valence-electron chi connectivity index (χ1n) is 7.12. The molecule has 1 aliphatic heterocycles. The number of likely N-dealkylation sites (tertiary alicyclic amines) is 1. The smallest absolute Gasteiger partial charge is 0.303 e. The summed E-state index contributed by atoms with van der Waals surface area (Å²) < 4.78 is 0. The van der Waals surface area contributed by atoms with Crippen molar-refractivity contribution in [1.29, 1.82) is 0 Å². The molecule has 1 heterocycles. The zero-order valence-corrected chi connectivity index (χ0v) is 10.9. The molecule has 3 atom stereocenters. The van der Waals surface area contributed by atoms with Gasteiger partial charge in [0, 0.05) is 19.0 Å². The molecule has 3 heteroatoms. The number of nitrogens with zero attached hydrogens (tertiary/aromatic N) is 1. The van der Waals surface area contributed by atoms with Crippen LogP contribution >= 0.6 is 0 Å². The molecule has 1 aliphatic carbocycles. The van der Waals surface area contributed by atoms with Gasteiger partial charge in [-0.25, -0.2) is 0 Å². The summed E-state index contributed by atoms with van der Waals surface area (Å²) in [6, 6.07) is 0.723. The van der Waals surface area contributed by atoms with Crippen molar-refractivity contribution in [3.05, 3.63) is 0 Å². The van der Waals surface area contributed by atoms with E-state index in [1.54, 1.807) is 0 Å². The first kappa shape index (κ1) is 12.9. The van der Waals surface area contributed by atoms with Gasteiger partial charge in [0.15, 0.2) is 0 Å². The highest BCUT2D eigenvalue weighted by Gasteiger charge is 2.31. The fourth-order valence-corrected chi connectivity index (χ4v) is 3.65. The minimum atomic E-state index is -0.631. The Morgan fingerprint density at radius 1 is 1.24 bits per heavy atom. The summed E-state index contributed by atoms with van der Waals surface area (Å²) in [5.41, 5.74) is 0. The highest BCUT2D eigenvalue weighted by Crippen LogP contribution is 2.31. The van der Waals surface area contributed by atoms with Gasteiger partial charge in [0.05, 0.1) is 0 Å². The lowest BCUT2D eigenvalue weighted by atomic mass is 9.83. The summed E-state index contributed by atoms with van der Waals surface area (Å²) in [6.07, 6.45) is 8.05. The Kier molecular flexibility index (Phi) is 4.43. The van der Waals surface area contributed by atoms with Gasteiger partial charge in [-0.15, -0.1) is 0 Å². The summed E-state index contributed by atoms with van der Waals surface area (Å²) in [6.45, 7) is 4.57. The predicted molar refractivity (Wildman–Crippen MR) is 68.0 cm³/mol. The van der Waals surface area contributed by atoms with Gasteiger partial charge in [-0.05, 0) is 44.1 Å². The van der Waals surface area contributed by atoms with Crippen molar-refractivity contribution in [2.45, 2.75) is 57.9 Å². The molecular weight excluding hydrogens is 214 g/mol. The third kappa shape index (κ3) is 3.44. The van der Waals surface area contributed by atoms with E-state index in [-0.39, 0.29) is 0 Å². The van der Waals surface area contributed by atoms with Gasteiger partial charge in [-0.1, -0.05) is 19.8 Å². The molecule has 2 aliphatic rings. The van der Waals surface area contributed by atoms with E-state index in [1.165, 1.54) is 38.6 Å². The Hall–Kier alpha value is -0.570. The third-order valence-electron chi connectivity index (χ3n) is 4.55. The van der Waals surface area contributed by atoms with Crippen LogP contribution in [0.5, 0.6) is 0 Å². The van der Waals surface area contributed by atoms with Crippen LogP contribution in [0.25, 0.3) is 0 Å². The predicted octanol–water partition coefficient (Wildman–Crippen LogP) is 2.75. The zero-order valence-electron chi connectivity index (χ0n) is 10.9. The number of hydrogen-bond donors (Lipinski definition) is 1. The van der Waals surface area contributed by atoms with E-state index in [0.717, 1.165) is 24.9 Å². The normalized spacial score (nSPS) is 35.7. The monoisotopic (exact) mass is 239 g/mol. The molecular formula is C14H25NO2. The van der Waals surface area contributed by atoms with E-state index in [2.05, 4.69) is 11.8 Å². The molecule has 2 rings (SSSR count). The molecule has 0 spiro atoms. The highest BCUT2D eigenvalue weighted by molar-refractivity contribution is 5.67. The standard InChI is InChI=1S/C14H25NO2/c1-11-5-2-3-7-13(11)15-8-4-6-12(10-15)9-14(16)17/h11-13H,2-10H2,1H3,(H,16,17). The van der Waals surface area contributed by atoms with Gasteiger partial charge in [-0.3, -0.25) is 9.69 Å². The topological polar surface area (TPSA) is 40.5 Å². The molecule has 0 amide bonds. The summed E-state index contributed by atoms with van der Waals surface area (Å²) in [7, 11) is 0. The van der Waals surface area contributed by atoms with E-state index in [4.69, 9.17) is 5.11 Å². The van der Waals surface area contributed by atoms with Gasteiger partial charge in [0.1, 0.15) is 0 Å². The average molecular weight is 239 g/mol. The SMILES string of the molecule is CC1CCCCC1N1CCCC(CC(=O)O)C1. The van der Waals surface area contributed by atoms with Gasteiger partial charge < -0.3 is 5.11 Å². The van der Waals surface area contributed by atoms with Crippen LogP contribution in [-0.2, 0) is 4.79 Å². The molecule has 1 saturated heterocycles. The van der Waals surface area contributed by atoms with E-state index >= 15 is 0 Å². The number of aliphatic carboxylic acids is 1. The number of carboxylic acids is 1. The van der Waals surface area contributed by atoms with E-state index in [0.29, 0.717) is 12.3 Å². The first-order valence-corrected chi connectivity index (χ1v) is 7.12. The van der Waals surface area contributed by atoms with Crippen LogP contribution < -0.4 is 0 Å². The second kappa shape index (κ2) is 5.85. The zero-order chi connectivity index (χ0) is 12.3. The van der Waals surface area contributed by atoms with E-state index in [1.807, 2.05) is 0 Å². The largest absolute Gasteiger partial charge is 0.481 e. The van der Waals surface area contributed by atoms with E-state index < -0.39 is 5.97 Å². The Balaban J connectivity index is 1.89. The van der Waals surface area contributed by atoms with Gasteiger partial charge in [0.2, 0.25) is 0 Å². The van der Waals surface area contributed by atoms with Crippen molar-refractivity contribution >= 4 is 5.97 Å². The van der Waals surface area contributed by atoms with Crippen LogP contribution in [0.1, 0.15) is 51.9 Å². The van der Waals surface area contributed by atoms with Crippen LogP contribution in [0, 0.1) is 11.8 Å². The van der Waals surface area contributed by atoms with Crippen LogP contribution in [0.4, 0.5) is 0 Å². The quantitative estimate of drug-likeness (QED) is 0.823. The fraction of sp³-hybridized carbons (Fsp3) is 0.929. The number of carboxylic acid groups (broad SMARTS) is 1. The summed E-state index contributed by atoms with van der Waals surface area (Å²) >= 11 is 0. The summed E-state index contributed by atoms with van der Waals surface area (Å²) in [4.78, 5) is 13.4. The van der Waals surface area contributed by atoms with Crippen LogP contribution in [0.15, 0.2) is 0 Å². The van der Waals surface area contributed by atoms with E-state index in [9.17, 15) is 4.79 Å². The lowest BCUT2D eigenvalue weighted by Gasteiger charge is -2.42. The van der Waals surface area contributed by atoms with Crippen LogP contribution in [0.2, 0.25) is 0 Å². The molecule has 3 nitrogen and oxygen atoms in total. The molecule has 0 aromatic heterocycles. The molecule has 0 aromatic carbocycles. The van der Waals surface area contributed by atoms with Crippen LogP contribution in [-0.4, -0.2) is 35.1 Å². The maximum atomic E-state index is 10.8. The van der Waals surface area contributed by atoms with Crippen molar-refractivity contribution in [3.8, 4) is 0 Å². The molecule has 98 valence electrons. The van der Waals surface area contributed by atoms with Crippen molar-refractivity contribution < 1.29 is 9.90 Å². The molecule has 17 heavy (non-hydrogen) atoms. The minimum absolute atomic E-state index is 0.359. The summed E-state index contributed by atoms with van der Waals surface area (Å²) in [5, 5.41) is 8.90. The van der Waals surface area contributed by atoms with Gasteiger partial charge in [0.25, 0.3) is 0 Å². The number of rotatable bonds is 3. The molecule has 3 unspecified atom stereocenters. The van der Waals surface area contributed by atoms with Crippen molar-refractivity contribution in [3.63, 3.8) is 0 Å². The molecule has 2 fully saturated rings. The van der Waals surface area contributed by atoms with Crippen molar-refractivity contribution in [2.75, 3.05) is 13.1 Å². The van der Waals surface area contributed by atoms with Gasteiger partial charge >= 0.3 is 5.97 Å². The maximum Gasteiger partial charge on any atom is 0.303 e. The van der Waals surface area contributed by atoms with Crippen molar-refractivity contribution in [1.82, 2.24) is 4.90 Å². The number of carbonyl (C=O) groups is 1. The molecule has 0 aromatic rings. The lowest BCUT2D eigenvalue weighted by molar-refractivity contribution is -0.138. The highest BCUT2D eigenvalue weighted by atomic mass is 16.4. The Bertz CT molecular complexity index is 267. The Morgan fingerprint density at radius 3 is 2.71 bits per heavy atom. The second-order valence-corrected chi connectivity index (χ2v) is 5.93. The van der Waals surface area contributed by atoms with Gasteiger partial charge in [-0.2, -0.15) is 0 Å².